The molecular formula is C22H26N4O5. The summed E-state index contributed by atoms with van der Waals surface area (Å²) in [5.41, 5.74) is 2.53. The topological polar surface area (TPSA) is 126 Å². The molecule has 0 saturated heterocycles. The maximum atomic E-state index is 13.2. The fraction of sp³-hybridized carbons (Fsp3) is 0.455. The first-order chi connectivity index (χ1) is 14.8. The molecule has 4 atom stereocenters. The van der Waals surface area contributed by atoms with Crippen molar-refractivity contribution in [2.24, 2.45) is 30.7 Å². The Bertz CT molecular complexity index is 1050. The van der Waals surface area contributed by atoms with Gasteiger partial charge in [0.05, 0.1) is 30.3 Å². The first-order valence-corrected chi connectivity index (χ1v) is 10.3. The number of allylic oxidation sites excluding steroid dienone is 2. The molecule has 0 spiro atoms. The van der Waals surface area contributed by atoms with Crippen molar-refractivity contribution in [3.8, 4) is 0 Å². The second-order valence-electron chi connectivity index (χ2n) is 8.45. The van der Waals surface area contributed by atoms with Crippen LogP contribution in [0.4, 0.5) is 5.69 Å². The third-order valence-electron chi connectivity index (χ3n) is 6.31. The molecule has 164 valence electrons. The van der Waals surface area contributed by atoms with E-state index in [1.54, 1.807) is 25.4 Å². The number of nitrogens with one attached hydrogen (secondary N) is 2. The van der Waals surface area contributed by atoms with Crippen molar-refractivity contribution >= 4 is 23.5 Å². The van der Waals surface area contributed by atoms with Crippen LogP contribution in [-0.4, -0.2) is 32.7 Å². The van der Waals surface area contributed by atoms with Crippen molar-refractivity contribution in [3.63, 3.8) is 0 Å². The van der Waals surface area contributed by atoms with Gasteiger partial charge in [0.2, 0.25) is 5.91 Å². The van der Waals surface area contributed by atoms with Gasteiger partial charge in [0.25, 0.3) is 5.91 Å². The van der Waals surface area contributed by atoms with E-state index in [9.17, 15) is 19.5 Å². The molecule has 2 heterocycles. The van der Waals surface area contributed by atoms with Gasteiger partial charge in [0.1, 0.15) is 5.76 Å². The van der Waals surface area contributed by atoms with Crippen LogP contribution < -0.4 is 10.6 Å². The molecule has 2 saturated carbocycles. The number of carboxylic acids is 1. The minimum atomic E-state index is -0.950. The van der Waals surface area contributed by atoms with Crippen LogP contribution in [-0.2, 0) is 23.2 Å². The van der Waals surface area contributed by atoms with Gasteiger partial charge >= 0.3 is 5.97 Å². The molecule has 2 fully saturated rings. The van der Waals surface area contributed by atoms with E-state index in [4.69, 9.17) is 4.42 Å². The van der Waals surface area contributed by atoms with Crippen molar-refractivity contribution in [2.45, 2.75) is 33.2 Å². The third-order valence-corrected chi connectivity index (χ3v) is 6.31. The van der Waals surface area contributed by atoms with Crippen molar-refractivity contribution in [3.05, 3.63) is 47.2 Å². The summed E-state index contributed by atoms with van der Waals surface area (Å²) in [7, 11) is 1.65. The highest BCUT2D eigenvalue weighted by Crippen LogP contribution is 2.57. The number of fused-ring (bicyclic) bond motifs is 2. The molecular weight excluding hydrogens is 400 g/mol. The fourth-order valence-electron chi connectivity index (χ4n) is 5.23. The number of amides is 2. The van der Waals surface area contributed by atoms with Gasteiger partial charge in [-0.25, -0.2) is 0 Å². The maximum absolute atomic E-state index is 13.2. The second-order valence-corrected chi connectivity index (χ2v) is 8.45. The summed E-state index contributed by atoms with van der Waals surface area (Å²) < 4.78 is 6.65. The molecule has 2 aromatic heterocycles. The molecule has 0 radical (unpaired) electrons. The van der Waals surface area contributed by atoms with E-state index >= 15 is 0 Å². The lowest BCUT2D eigenvalue weighted by molar-refractivity contribution is -0.148. The normalized spacial score (nSPS) is 24.3. The van der Waals surface area contributed by atoms with E-state index in [-0.39, 0.29) is 35.7 Å². The van der Waals surface area contributed by atoms with Crippen LogP contribution in [0.5, 0.6) is 0 Å². The van der Waals surface area contributed by atoms with Crippen LogP contribution in [0.2, 0.25) is 0 Å². The molecule has 3 N–H and O–H groups in total. The second kappa shape index (κ2) is 8.05. The minimum absolute atomic E-state index is 0.0693. The molecule has 2 amide bonds. The number of nitrogens with zero attached hydrogens (tertiary/aromatic N) is 2. The number of furan rings is 1. The van der Waals surface area contributed by atoms with Gasteiger partial charge in [0.15, 0.2) is 5.69 Å². The van der Waals surface area contributed by atoms with Gasteiger partial charge in [-0.1, -0.05) is 11.1 Å². The smallest absolute Gasteiger partial charge is 0.307 e. The quantitative estimate of drug-likeness (QED) is 0.610. The average Bonchev–Trinajstić information content (AvgIpc) is 3.48. The van der Waals surface area contributed by atoms with Gasteiger partial charge in [0, 0.05) is 13.2 Å². The predicted octanol–water partition coefficient (Wildman–Crippen LogP) is 2.57. The van der Waals surface area contributed by atoms with Gasteiger partial charge in [-0.15, -0.1) is 0 Å². The number of rotatable bonds is 6. The molecule has 9 heteroatoms. The van der Waals surface area contributed by atoms with Crippen molar-refractivity contribution in [1.29, 1.82) is 0 Å². The summed E-state index contributed by atoms with van der Waals surface area (Å²) in [5.74, 6) is -2.80. The molecule has 2 aliphatic rings. The number of hydrogen-bond donors (Lipinski definition) is 3. The molecule has 31 heavy (non-hydrogen) atoms. The highest BCUT2D eigenvalue weighted by molar-refractivity contribution is 6.03. The van der Waals surface area contributed by atoms with Crippen LogP contribution in [0, 0.1) is 23.7 Å². The van der Waals surface area contributed by atoms with Crippen molar-refractivity contribution in [1.82, 2.24) is 15.1 Å². The third kappa shape index (κ3) is 3.75. The number of aliphatic carboxylic acids is 1. The molecule has 2 aromatic rings. The number of carboxylic acid groups (broad SMARTS) is 1. The van der Waals surface area contributed by atoms with Crippen LogP contribution >= 0.6 is 0 Å². The summed E-state index contributed by atoms with van der Waals surface area (Å²) in [6.45, 7) is 4.14. The SMILES string of the molecule is CC(C)=C1[C@H]2CC[C@H]1[C@@H](C(=O)O)[C@H]2C(=O)Nc1cn(C)nc1C(=O)NCc1ccco1. The maximum Gasteiger partial charge on any atom is 0.307 e. The standard InChI is InChI=1S/C22H26N4O5/c1-11(2)16-13-6-7-14(16)18(22(29)30)17(13)20(27)24-15-10-26(3)25-19(15)21(28)23-9-12-5-4-8-31-12/h4-5,8,10,13-14,17-18H,6-7,9H2,1-3H3,(H,23,28)(H,24,27)(H,29,30)/t13-,14-,17+,18-/m1/s1. The van der Waals surface area contributed by atoms with Gasteiger partial charge in [-0.05, 0) is 50.7 Å². The number of hydrogen-bond acceptors (Lipinski definition) is 5. The van der Waals surface area contributed by atoms with E-state index in [2.05, 4.69) is 15.7 Å². The summed E-state index contributed by atoms with van der Waals surface area (Å²) >= 11 is 0. The Morgan fingerprint density at radius 2 is 1.94 bits per heavy atom. The summed E-state index contributed by atoms with van der Waals surface area (Å²) in [6, 6.07) is 3.46. The lowest BCUT2D eigenvalue weighted by Gasteiger charge is -2.26. The number of carbonyl (C=O) groups excluding carboxylic acids is 2. The summed E-state index contributed by atoms with van der Waals surface area (Å²) in [6.07, 6.45) is 4.66. The van der Waals surface area contributed by atoms with Crippen LogP contribution in [0.3, 0.4) is 0 Å². The minimum Gasteiger partial charge on any atom is -0.481 e. The molecule has 9 nitrogen and oxygen atoms in total. The fourth-order valence-corrected chi connectivity index (χ4v) is 5.23. The Balaban J connectivity index is 1.54. The Morgan fingerprint density at radius 3 is 2.55 bits per heavy atom. The molecule has 0 aliphatic heterocycles. The first-order valence-electron chi connectivity index (χ1n) is 10.3. The molecule has 2 bridgehead atoms. The Kier molecular flexibility index (Phi) is 5.43. The highest BCUT2D eigenvalue weighted by atomic mass is 16.4. The lowest BCUT2D eigenvalue weighted by atomic mass is 9.78. The van der Waals surface area contributed by atoms with E-state index in [0.717, 1.165) is 24.0 Å². The Hall–Kier alpha value is -3.36. The molecule has 4 rings (SSSR count). The number of anilines is 1. The number of aryl methyl sites for hydroxylation is 1. The summed E-state index contributed by atoms with van der Waals surface area (Å²) in [5, 5.41) is 19.5. The van der Waals surface area contributed by atoms with E-state index in [1.165, 1.54) is 10.9 Å². The Labute approximate surface area is 179 Å². The zero-order chi connectivity index (χ0) is 22.3. The largest absolute Gasteiger partial charge is 0.481 e. The van der Waals surface area contributed by atoms with Gasteiger partial charge in [-0.3, -0.25) is 19.1 Å². The zero-order valence-corrected chi connectivity index (χ0v) is 17.7. The van der Waals surface area contributed by atoms with E-state index < -0.39 is 23.7 Å². The van der Waals surface area contributed by atoms with Crippen molar-refractivity contribution in [2.75, 3.05) is 5.32 Å². The lowest BCUT2D eigenvalue weighted by Crippen LogP contribution is -2.38. The van der Waals surface area contributed by atoms with E-state index in [1.807, 2.05) is 13.8 Å². The monoisotopic (exact) mass is 426 g/mol. The van der Waals surface area contributed by atoms with Gasteiger partial charge < -0.3 is 20.2 Å². The predicted molar refractivity (Wildman–Crippen MR) is 111 cm³/mol. The molecule has 0 aromatic carbocycles. The van der Waals surface area contributed by atoms with Crippen LogP contribution in [0.15, 0.2) is 40.2 Å². The van der Waals surface area contributed by atoms with E-state index in [0.29, 0.717) is 5.76 Å². The zero-order valence-electron chi connectivity index (χ0n) is 17.7. The number of aromatic nitrogens is 2. The molecule has 0 unspecified atom stereocenters. The number of carbonyl (C=O) groups is 3. The van der Waals surface area contributed by atoms with Gasteiger partial charge in [-0.2, -0.15) is 5.10 Å². The van der Waals surface area contributed by atoms with Crippen LogP contribution in [0.25, 0.3) is 0 Å². The Morgan fingerprint density at radius 1 is 1.23 bits per heavy atom. The average molecular weight is 426 g/mol. The van der Waals surface area contributed by atoms with Crippen LogP contribution in [0.1, 0.15) is 42.9 Å². The first kappa shape index (κ1) is 20.9. The highest BCUT2D eigenvalue weighted by Gasteiger charge is 2.57. The molecule has 2 aliphatic carbocycles. The summed E-state index contributed by atoms with van der Waals surface area (Å²) in [4.78, 5) is 37.9. The van der Waals surface area contributed by atoms with Crippen molar-refractivity contribution < 1.29 is 23.9 Å².